The molecule has 1 aromatic rings. The van der Waals surface area contributed by atoms with E-state index in [1.165, 1.54) is 25.5 Å². The van der Waals surface area contributed by atoms with Gasteiger partial charge in [0.05, 0.1) is 4.92 Å². The number of benzene rings is 1. The summed E-state index contributed by atoms with van der Waals surface area (Å²) in [6.45, 7) is 5.08. The summed E-state index contributed by atoms with van der Waals surface area (Å²) < 4.78 is 0. The minimum atomic E-state index is -0.363. The molecule has 2 heterocycles. The number of hydrogen-bond acceptors (Lipinski definition) is 5. The molecule has 108 valence electrons. The van der Waals surface area contributed by atoms with Crippen LogP contribution < -0.4 is 5.73 Å². The standard InChI is InChI=1S/C14H20N4O2/c15-14-4-3-12(18(19)20)8-11(14)9-16-6-7-17-5-1-2-13(17)10-16/h3-4,8,13H,1-2,5-7,9-10,15H2. The number of nitrogens with zero attached hydrogens (tertiary/aromatic N) is 3. The van der Waals surface area contributed by atoms with Gasteiger partial charge in [-0.1, -0.05) is 0 Å². The van der Waals surface area contributed by atoms with Crippen LogP contribution in [0.25, 0.3) is 0 Å². The molecule has 20 heavy (non-hydrogen) atoms. The number of anilines is 1. The molecular formula is C14H20N4O2. The lowest BCUT2D eigenvalue weighted by atomic mass is 10.1. The van der Waals surface area contributed by atoms with Gasteiger partial charge in [0, 0.05) is 50.0 Å². The van der Waals surface area contributed by atoms with Gasteiger partial charge in [0.25, 0.3) is 5.69 Å². The van der Waals surface area contributed by atoms with Crippen LogP contribution in [0.3, 0.4) is 0 Å². The van der Waals surface area contributed by atoms with E-state index in [1.807, 2.05) is 0 Å². The summed E-state index contributed by atoms with van der Waals surface area (Å²) in [6.07, 6.45) is 2.55. The van der Waals surface area contributed by atoms with Crippen molar-refractivity contribution in [2.24, 2.45) is 0 Å². The topological polar surface area (TPSA) is 75.6 Å². The molecule has 3 rings (SSSR count). The van der Waals surface area contributed by atoms with E-state index in [9.17, 15) is 10.1 Å². The first-order valence-electron chi connectivity index (χ1n) is 7.12. The van der Waals surface area contributed by atoms with Crippen molar-refractivity contribution in [1.82, 2.24) is 9.80 Å². The maximum atomic E-state index is 10.9. The highest BCUT2D eigenvalue weighted by molar-refractivity contribution is 5.52. The summed E-state index contributed by atoms with van der Waals surface area (Å²) in [4.78, 5) is 15.4. The third-order valence-corrected chi connectivity index (χ3v) is 4.40. The maximum absolute atomic E-state index is 10.9. The van der Waals surface area contributed by atoms with Crippen LogP contribution in [0.5, 0.6) is 0 Å². The summed E-state index contributed by atoms with van der Waals surface area (Å²) in [7, 11) is 0. The minimum Gasteiger partial charge on any atom is -0.398 e. The number of nitro benzene ring substituents is 1. The molecule has 1 aromatic carbocycles. The lowest BCUT2D eigenvalue weighted by molar-refractivity contribution is -0.384. The summed E-state index contributed by atoms with van der Waals surface area (Å²) in [5.41, 5.74) is 7.58. The van der Waals surface area contributed by atoms with Crippen molar-refractivity contribution in [3.8, 4) is 0 Å². The number of nitrogen functional groups attached to an aromatic ring is 1. The summed E-state index contributed by atoms with van der Waals surface area (Å²) >= 11 is 0. The van der Waals surface area contributed by atoms with Crippen molar-refractivity contribution >= 4 is 11.4 Å². The molecule has 0 radical (unpaired) electrons. The molecule has 6 heteroatoms. The van der Waals surface area contributed by atoms with Crippen LogP contribution in [0.15, 0.2) is 18.2 Å². The highest BCUT2D eigenvalue weighted by atomic mass is 16.6. The van der Waals surface area contributed by atoms with Crippen LogP contribution in [-0.4, -0.2) is 46.9 Å². The highest BCUT2D eigenvalue weighted by Crippen LogP contribution is 2.25. The fraction of sp³-hybridized carbons (Fsp3) is 0.571. The first kappa shape index (κ1) is 13.3. The van der Waals surface area contributed by atoms with Gasteiger partial charge in [0.1, 0.15) is 0 Å². The third kappa shape index (κ3) is 2.62. The van der Waals surface area contributed by atoms with Gasteiger partial charge in [-0.05, 0) is 31.0 Å². The predicted molar refractivity (Wildman–Crippen MR) is 77.4 cm³/mol. The fourth-order valence-corrected chi connectivity index (χ4v) is 3.28. The lowest BCUT2D eigenvalue weighted by Crippen LogP contribution is -2.49. The number of fused-ring (bicyclic) bond motifs is 1. The number of nitro groups is 1. The largest absolute Gasteiger partial charge is 0.398 e. The molecule has 1 atom stereocenters. The maximum Gasteiger partial charge on any atom is 0.269 e. The Balaban J connectivity index is 1.71. The average Bonchev–Trinajstić information content (AvgIpc) is 2.88. The Morgan fingerprint density at radius 2 is 2.20 bits per heavy atom. The molecule has 0 bridgehead atoms. The molecule has 0 aromatic heterocycles. The van der Waals surface area contributed by atoms with Gasteiger partial charge in [-0.3, -0.25) is 19.9 Å². The second-order valence-electron chi connectivity index (χ2n) is 5.71. The Morgan fingerprint density at radius 1 is 1.35 bits per heavy atom. The van der Waals surface area contributed by atoms with Crippen LogP contribution >= 0.6 is 0 Å². The Labute approximate surface area is 118 Å². The third-order valence-electron chi connectivity index (χ3n) is 4.40. The Hall–Kier alpha value is -1.66. The number of rotatable bonds is 3. The van der Waals surface area contributed by atoms with Crippen LogP contribution in [0, 0.1) is 10.1 Å². The fourth-order valence-electron chi connectivity index (χ4n) is 3.28. The molecule has 2 aliphatic rings. The van der Waals surface area contributed by atoms with Gasteiger partial charge in [-0.2, -0.15) is 0 Å². The van der Waals surface area contributed by atoms with Crippen molar-refractivity contribution in [1.29, 1.82) is 0 Å². The van der Waals surface area contributed by atoms with E-state index < -0.39 is 0 Å². The van der Waals surface area contributed by atoms with E-state index in [0.29, 0.717) is 18.3 Å². The summed E-state index contributed by atoms with van der Waals surface area (Å²) in [5, 5.41) is 10.9. The Kier molecular flexibility index (Phi) is 3.58. The molecule has 2 fully saturated rings. The molecule has 1 unspecified atom stereocenters. The SMILES string of the molecule is Nc1ccc([N+](=O)[O-])cc1CN1CCN2CCCC2C1. The normalized spacial score (nSPS) is 23.7. The van der Waals surface area contributed by atoms with Crippen molar-refractivity contribution in [2.45, 2.75) is 25.4 Å². The Bertz CT molecular complexity index is 520. The summed E-state index contributed by atoms with van der Waals surface area (Å²) in [5.74, 6) is 0. The number of hydrogen-bond donors (Lipinski definition) is 1. The van der Waals surface area contributed by atoms with Crippen molar-refractivity contribution in [3.05, 3.63) is 33.9 Å². The van der Waals surface area contributed by atoms with Crippen LogP contribution in [0.4, 0.5) is 11.4 Å². The molecule has 0 amide bonds. The van der Waals surface area contributed by atoms with E-state index in [-0.39, 0.29) is 10.6 Å². The van der Waals surface area contributed by atoms with Crippen LogP contribution in [0.2, 0.25) is 0 Å². The molecule has 2 saturated heterocycles. The molecule has 6 nitrogen and oxygen atoms in total. The zero-order valence-electron chi connectivity index (χ0n) is 11.5. The van der Waals surface area contributed by atoms with Gasteiger partial charge in [-0.15, -0.1) is 0 Å². The van der Waals surface area contributed by atoms with Crippen LogP contribution in [0.1, 0.15) is 18.4 Å². The lowest BCUT2D eigenvalue weighted by Gasteiger charge is -2.37. The van der Waals surface area contributed by atoms with Gasteiger partial charge >= 0.3 is 0 Å². The number of piperazine rings is 1. The van der Waals surface area contributed by atoms with Crippen molar-refractivity contribution in [2.75, 3.05) is 31.9 Å². The van der Waals surface area contributed by atoms with E-state index >= 15 is 0 Å². The monoisotopic (exact) mass is 276 g/mol. The van der Waals surface area contributed by atoms with E-state index in [0.717, 1.165) is 25.2 Å². The minimum absolute atomic E-state index is 0.119. The molecule has 2 aliphatic heterocycles. The van der Waals surface area contributed by atoms with Crippen molar-refractivity contribution in [3.63, 3.8) is 0 Å². The van der Waals surface area contributed by atoms with E-state index in [2.05, 4.69) is 9.80 Å². The van der Waals surface area contributed by atoms with E-state index in [1.54, 1.807) is 12.1 Å². The summed E-state index contributed by atoms with van der Waals surface area (Å²) in [6, 6.07) is 5.37. The predicted octanol–water partition coefficient (Wildman–Crippen LogP) is 1.46. The van der Waals surface area contributed by atoms with Crippen LogP contribution in [-0.2, 0) is 6.54 Å². The van der Waals surface area contributed by atoms with Crippen molar-refractivity contribution < 1.29 is 4.92 Å². The van der Waals surface area contributed by atoms with E-state index in [4.69, 9.17) is 5.73 Å². The van der Waals surface area contributed by atoms with Gasteiger partial charge in [-0.25, -0.2) is 0 Å². The quantitative estimate of drug-likeness (QED) is 0.514. The zero-order chi connectivity index (χ0) is 14.1. The first-order valence-corrected chi connectivity index (χ1v) is 7.12. The second kappa shape index (κ2) is 5.38. The van der Waals surface area contributed by atoms with Gasteiger partial charge in [0.2, 0.25) is 0 Å². The molecular weight excluding hydrogens is 256 g/mol. The average molecular weight is 276 g/mol. The number of non-ortho nitro benzene ring substituents is 1. The zero-order valence-corrected chi connectivity index (χ0v) is 11.5. The Morgan fingerprint density at radius 3 is 3.00 bits per heavy atom. The number of nitrogens with two attached hydrogens (primary N) is 1. The molecule has 0 saturated carbocycles. The second-order valence-corrected chi connectivity index (χ2v) is 5.71. The first-order chi connectivity index (χ1) is 9.63. The van der Waals surface area contributed by atoms with Gasteiger partial charge in [0.15, 0.2) is 0 Å². The van der Waals surface area contributed by atoms with Gasteiger partial charge < -0.3 is 5.73 Å². The smallest absolute Gasteiger partial charge is 0.269 e. The highest BCUT2D eigenvalue weighted by Gasteiger charge is 2.30. The molecule has 0 aliphatic carbocycles. The molecule has 0 spiro atoms. The molecule has 2 N–H and O–H groups in total.